The molecule has 0 bridgehead atoms. The fourth-order valence-corrected chi connectivity index (χ4v) is 1.59. The molecule has 0 saturated heterocycles. The molecule has 4 nitrogen and oxygen atoms in total. The number of hydrogen-bond donors (Lipinski definition) is 1. The van der Waals surface area contributed by atoms with E-state index >= 15 is 0 Å². The largest absolute Gasteiger partial charge is 0.393 e. The molecule has 1 N–H and O–H groups in total. The molecule has 1 unspecified atom stereocenters. The highest BCUT2D eigenvalue weighted by Crippen LogP contribution is 1.97. The van der Waals surface area contributed by atoms with Gasteiger partial charge in [-0.3, -0.25) is 0 Å². The monoisotopic (exact) mass is 245 g/mol. The van der Waals surface area contributed by atoms with E-state index in [2.05, 4.69) is 42.9 Å². The van der Waals surface area contributed by atoms with Crippen molar-refractivity contribution >= 4 is 0 Å². The van der Waals surface area contributed by atoms with E-state index in [4.69, 9.17) is 0 Å². The molecular weight excluding hydrogens is 214 g/mol. The molecule has 0 aromatic rings. The SMILES string of the molecule is CC(O)CCCN(C)CCN(C)CCN(C)C. The zero-order valence-electron chi connectivity index (χ0n) is 12.3. The Bertz CT molecular complexity index is 174. The lowest BCUT2D eigenvalue weighted by Crippen LogP contribution is -2.35. The summed E-state index contributed by atoms with van der Waals surface area (Å²) in [5.74, 6) is 0. The lowest BCUT2D eigenvalue weighted by Gasteiger charge is -2.23. The van der Waals surface area contributed by atoms with E-state index in [0.29, 0.717) is 0 Å². The average molecular weight is 245 g/mol. The van der Waals surface area contributed by atoms with Gasteiger partial charge in [-0.25, -0.2) is 0 Å². The minimum atomic E-state index is -0.161. The fourth-order valence-electron chi connectivity index (χ4n) is 1.59. The zero-order chi connectivity index (χ0) is 13.3. The smallest absolute Gasteiger partial charge is 0.0512 e. The van der Waals surface area contributed by atoms with Gasteiger partial charge in [0.15, 0.2) is 0 Å². The second-order valence-corrected chi connectivity index (χ2v) is 5.40. The molecule has 17 heavy (non-hydrogen) atoms. The van der Waals surface area contributed by atoms with E-state index in [1.165, 1.54) is 0 Å². The molecular formula is C13H31N3O. The second-order valence-electron chi connectivity index (χ2n) is 5.40. The summed E-state index contributed by atoms with van der Waals surface area (Å²) in [4.78, 5) is 6.92. The first-order valence-electron chi connectivity index (χ1n) is 6.61. The van der Waals surface area contributed by atoms with Gasteiger partial charge in [-0.1, -0.05) is 0 Å². The van der Waals surface area contributed by atoms with Crippen molar-refractivity contribution in [3.63, 3.8) is 0 Å². The van der Waals surface area contributed by atoms with E-state index in [-0.39, 0.29) is 6.10 Å². The topological polar surface area (TPSA) is 30.0 Å². The Kier molecular flexibility index (Phi) is 9.74. The predicted octanol–water partition coefficient (Wildman–Crippen LogP) is 0.573. The van der Waals surface area contributed by atoms with Crippen LogP contribution in [0, 0.1) is 0 Å². The molecule has 0 aromatic heterocycles. The van der Waals surface area contributed by atoms with Gasteiger partial charge in [0.05, 0.1) is 6.10 Å². The third kappa shape index (κ3) is 12.1. The molecule has 0 rings (SSSR count). The second kappa shape index (κ2) is 9.83. The van der Waals surface area contributed by atoms with Crippen LogP contribution in [-0.2, 0) is 0 Å². The summed E-state index contributed by atoms with van der Waals surface area (Å²) in [5, 5.41) is 9.17. The highest BCUT2D eigenvalue weighted by molar-refractivity contribution is 4.59. The number of rotatable bonds is 10. The van der Waals surface area contributed by atoms with Gasteiger partial charge in [0.2, 0.25) is 0 Å². The third-order valence-corrected chi connectivity index (χ3v) is 2.95. The molecule has 0 aliphatic heterocycles. The van der Waals surface area contributed by atoms with Crippen molar-refractivity contribution in [2.24, 2.45) is 0 Å². The lowest BCUT2D eigenvalue weighted by molar-refractivity contribution is 0.171. The quantitative estimate of drug-likeness (QED) is 0.609. The minimum Gasteiger partial charge on any atom is -0.393 e. The van der Waals surface area contributed by atoms with Gasteiger partial charge in [-0.2, -0.15) is 0 Å². The lowest BCUT2D eigenvalue weighted by atomic mass is 10.2. The van der Waals surface area contributed by atoms with Crippen molar-refractivity contribution in [1.82, 2.24) is 14.7 Å². The van der Waals surface area contributed by atoms with Crippen LogP contribution < -0.4 is 0 Å². The molecule has 0 aliphatic rings. The van der Waals surface area contributed by atoms with Crippen LogP contribution in [0.5, 0.6) is 0 Å². The average Bonchev–Trinajstić information content (AvgIpc) is 2.23. The minimum absolute atomic E-state index is 0.161. The summed E-state index contributed by atoms with van der Waals surface area (Å²) in [5.41, 5.74) is 0. The normalized spacial score (nSPS) is 13.9. The number of aliphatic hydroxyl groups is 1. The number of likely N-dealkylation sites (N-methyl/N-ethyl adjacent to an activating group) is 3. The van der Waals surface area contributed by atoms with E-state index in [1.807, 2.05) is 6.92 Å². The maximum absolute atomic E-state index is 9.17. The highest BCUT2D eigenvalue weighted by Gasteiger charge is 2.03. The van der Waals surface area contributed by atoms with E-state index in [9.17, 15) is 5.11 Å². The number of nitrogens with zero attached hydrogens (tertiary/aromatic N) is 3. The Morgan fingerprint density at radius 3 is 1.76 bits per heavy atom. The van der Waals surface area contributed by atoms with Gasteiger partial charge in [-0.05, 0) is 54.5 Å². The summed E-state index contributed by atoms with van der Waals surface area (Å²) in [7, 11) is 8.54. The first-order chi connectivity index (χ1) is 7.91. The molecule has 1 atom stereocenters. The van der Waals surface area contributed by atoms with E-state index in [0.717, 1.165) is 45.6 Å². The molecule has 0 radical (unpaired) electrons. The van der Waals surface area contributed by atoms with Crippen LogP contribution in [0.15, 0.2) is 0 Å². The molecule has 0 heterocycles. The van der Waals surface area contributed by atoms with Gasteiger partial charge >= 0.3 is 0 Å². The number of aliphatic hydroxyl groups excluding tert-OH is 1. The van der Waals surface area contributed by atoms with Crippen LogP contribution in [-0.4, -0.2) is 86.8 Å². The molecule has 0 fully saturated rings. The zero-order valence-corrected chi connectivity index (χ0v) is 12.3. The first-order valence-corrected chi connectivity index (χ1v) is 6.61. The molecule has 0 saturated carbocycles. The summed E-state index contributed by atoms with van der Waals surface area (Å²) in [6.45, 7) is 7.38. The summed E-state index contributed by atoms with van der Waals surface area (Å²) >= 11 is 0. The summed E-state index contributed by atoms with van der Waals surface area (Å²) < 4.78 is 0. The first kappa shape index (κ1) is 16.8. The Labute approximate surface area is 107 Å². The van der Waals surface area contributed by atoms with Crippen molar-refractivity contribution in [3.05, 3.63) is 0 Å². The van der Waals surface area contributed by atoms with Crippen molar-refractivity contribution < 1.29 is 5.11 Å². The van der Waals surface area contributed by atoms with Gasteiger partial charge < -0.3 is 19.8 Å². The summed E-state index contributed by atoms with van der Waals surface area (Å²) in [6.07, 6.45) is 1.82. The van der Waals surface area contributed by atoms with Crippen LogP contribution in [0.4, 0.5) is 0 Å². The Balaban J connectivity index is 3.45. The Hall–Kier alpha value is -0.160. The Morgan fingerprint density at radius 1 is 0.824 bits per heavy atom. The maximum atomic E-state index is 9.17. The molecule has 4 heteroatoms. The predicted molar refractivity (Wildman–Crippen MR) is 74.5 cm³/mol. The molecule has 0 aliphatic carbocycles. The standard InChI is InChI=1S/C13H31N3O/c1-13(17)7-6-8-15(4)11-12-16(5)10-9-14(2)3/h13,17H,6-12H2,1-5H3. The van der Waals surface area contributed by atoms with E-state index < -0.39 is 0 Å². The van der Waals surface area contributed by atoms with Crippen LogP contribution in [0.25, 0.3) is 0 Å². The van der Waals surface area contributed by atoms with Crippen molar-refractivity contribution in [3.8, 4) is 0 Å². The van der Waals surface area contributed by atoms with Gasteiger partial charge in [0, 0.05) is 26.2 Å². The number of hydrogen-bond acceptors (Lipinski definition) is 4. The van der Waals surface area contributed by atoms with Gasteiger partial charge in [-0.15, -0.1) is 0 Å². The van der Waals surface area contributed by atoms with Crippen molar-refractivity contribution in [2.45, 2.75) is 25.9 Å². The van der Waals surface area contributed by atoms with Gasteiger partial charge in [0.25, 0.3) is 0 Å². The molecule has 0 aromatic carbocycles. The van der Waals surface area contributed by atoms with Crippen LogP contribution in [0.1, 0.15) is 19.8 Å². The van der Waals surface area contributed by atoms with Crippen LogP contribution in [0.3, 0.4) is 0 Å². The van der Waals surface area contributed by atoms with Crippen molar-refractivity contribution in [2.75, 3.05) is 60.9 Å². The van der Waals surface area contributed by atoms with E-state index in [1.54, 1.807) is 0 Å². The molecule has 0 spiro atoms. The van der Waals surface area contributed by atoms with Crippen LogP contribution in [0.2, 0.25) is 0 Å². The molecule has 104 valence electrons. The fraction of sp³-hybridized carbons (Fsp3) is 1.00. The van der Waals surface area contributed by atoms with Crippen LogP contribution >= 0.6 is 0 Å². The highest BCUT2D eigenvalue weighted by atomic mass is 16.3. The molecule has 0 amide bonds. The van der Waals surface area contributed by atoms with Gasteiger partial charge in [0.1, 0.15) is 0 Å². The third-order valence-electron chi connectivity index (χ3n) is 2.95. The van der Waals surface area contributed by atoms with Crippen molar-refractivity contribution in [1.29, 1.82) is 0 Å². The maximum Gasteiger partial charge on any atom is 0.0512 e. The summed E-state index contributed by atoms with van der Waals surface area (Å²) in [6, 6.07) is 0. The Morgan fingerprint density at radius 2 is 1.29 bits per heavy atom.